The SMILES string of the molecule is Cc1c(C(=O)Nc2ccc(CCN3CCC(C(N)=O)CC3)cc2)sc2nc(C(F)(F)F)ccc12. The maximum Gasteiger partial charge on any atom is 0.433 e. The van der Waals surface area contributed by atoms with Crippen LogP contribution in [-0.2, 0) is 17.4 Å². The summed E-state index contributed by atoms with van der Waals surface area (Å²) >= 11 is 0.953. The molecule has 1 aliphatic heterocycles. The largest absolute Gasteiger partial charge is 0.433 e. The van der Waals surface area contributed by atoms with Gasteiger partial charge in [0.2, 0.25) is 5.91 Å². The number of rotatable bonds is 6. The molecular formula is C24H25F3N4O2S. The van der Waals surface area contributed by atoms with Crippen molar-refractivity contribution in [2.45, 2.75) is 32.4 Å². The molecule has 10 heteroatoms. The van der Waals surface area contributed by atoms with E-state index in [1.807, 2.05) is 24.3 Å². The number of pyridine rings is 1. The third kappa shape index (κ3) is 5.39. The molecule has 1 aliphatic rings. The number of likely N-dealkylation sites (tertiary alicyclic amines) is 1. The summed E-state index contributed by atoms with van der Waals surface area (Å²) in [6.07, 6.45) is -2.09. The van der Waals surface area contributed by atoms with E-state index in [0.717, 1.165) is 61.9 Å². The van der Waals surface area contributed by atoms with Gasteiger partial charge in [0.05, 0.1) is 4.88 Å². The number of nitrogens with one attached hydrogen (secondary N) is 1. The Kier molecular flexibility index (Phi) is 6.90. The molecule has 1 aromatic carbocycles. The van der Waals surface area contributed by atoms with Gasteiger partial charge in [0, 0.05) is 23.5 Å². The number of nitrogens with two attached hydrogens (primary N) is 1. The van der Waals surface area contributed by atoms with E-state index in [0.29, 0.717) is 21.5 Å². The molecule has 0 radical (unpaired) electrons. The zero-order chi connectivity index (χ0) is 24.5. The Morgan fingerprint density at radius 1 is 1.15 bits per heavy atom. The number of aromatic nitrogens is 1. The molecule has 1 fully saturated rings. The predicted molar refractivity (Wildman–Crippen MR) is 126 cm³/mol. The highest BCUT2D eigenvalue weighted by Gasteiger charge is 2.33. The van der Waals surface area contributed by atoms with E-state index in [1.165, 1.54) is 6.07 Å². The van der Waals surface area contributed by atoms with Crippen molar-refractivity contribution in [1.29, 1.82) is 0 Å². The lowest BCUT2D eigenvalue weighted by atomic mass is 9.96. The van der Waals surface area contributed by atoms with Crippen LogP contribution in [-0.4, -0.2) is 41.3 Å². The smallest absolute Gasteiger partial charge is 0.369 e. The molecule has 0 bridgehead atoms. The average molecular weight is 491 g/mol. The van der Waals surface area contributed by atoms with Crippen LogP contribution in [0.4, 0.5) is 18.9 Å². The van der Waals surface area contributed by atoms with Crippen molar-refractivity contribution < 1.29 is 22.8 Å². The summed E-state index contributed by atoms with van der Waals surface area (Å²) in [4.78, 5) is 30.6. The van der Waals surface area contributed by atoms with Crippen LogP contribution >= 0.6 is 11.3 Å². The molecule has 6 nitrogen and oxygen atoms in total. The Labute approximate surface area is 199 Å². The van der Waals surface area contributed by atoms with E-state index >= 15 is 0 Å². The number of halogens is 3. The molecule has 0 atom stereocenters. The molecule has 0 spiro atoms. The number of fused-ring (bicyclic) bond motifs is 1. The summed E-state index contributed by atoms with van der Waals surface area (Å²) in [5, 5.41) is 3.36. The second-order valence-electron chi connectivity index (χ2n) is 8.52. The molecule has 3 heterocycles. The zero-order valence-electron chi connectivity index (χ0n) is 18.6. The van der Waals surface area contributed by atoms with Crippen molar-refractivity contribution >= 4 is 39.1 Å². The molecule has 0 unspecified atom stereocenters. The van der Waals surface area contributed by atoms with Crippen LogP contribution in [0.2, 0.25) is 0 Å². The number of nitrogens with zero attached hydrogens (tertiary/aromatic N) is 2. The quantitative estimate of drug-likeness (QED) is 0.528. The summed E-state index contributed by atoms with van der Waals surface area (Å²) < 4.78 is 38.9. The topological polar surface area (TPSA) is 88.3 Å². The molecule has 0 saturated carbocycles. The number of anilines is 1. The van der Waals surface area contributed by atoms with Gasteiger partial charge in [0.25, 0.3) is 5.91 Å². The molecule has 3 aromatic rings. The minimum absolute atomic E-state index is 0.0220. The van der Waals surface area contributed by atoms with E-state index in [1.54, 1.807) is 6.92 Å². The fraction of sp³-hybridized carbons (Fsp3) is 0.375. The summed E-state index contributed by atoms with van der Waals surface area (Å²) in [5.74, 6) is -0.615. The monoisotopic (exact) mass is 490 g/mol. The highest BCUT2D eigenvalue weighted by molar-refractivity contribution is 7.20. The molecule has 0 aliphatic carbocycles. The van der Waals surface area contributed by atoms with Crippen molar-refractivity contribution in [3.8, 4) is 0 Å². The maximum atomic E-state index is 13.0. The van der Waals surface area contributed by atoms with Gasteiger partial charge in [-0.2, -0.15) is 13.2 Å². The lowest BCUT2D eigenvalue weighted by Crippen LogP contribution is -2.39. The van der Waals surface area contributed by atoms with E-state index in [9.17, 15) is 22.8 Å². The number of aryl methyl sites for hydroxylation is 1. The number of carbonyl (C=O) groups is 2. The Balaban J connectivity index is 1.36. The van der Waals surface area contributed by atoms with Gasteiger partial charge in [-0.3, -0.25) is 9.59 Å². The van der Waals surface area contributed by atoms with Crippen LogP contribution < -0.4 is 11.1 Å². The normalized spacial score (nSPS) is 15.5. The third-order valence-electron chi connectivity index (χ3n) is 6.22. The Morgan fingerprint density at radius 3 is 2.44 bits per heavy atom. The van der Waals surface area contributed by atoms with Gasteiger partial charge in [0.15, 0.2) is 0 Å². The molecule has 3 N–H and O–H groups in total. The van der Waals surface area contributed by atoms with Crippen molar-refractivity contribution in [3.63, 3.8) is 0 Å². The number of thiophene rings is 1. The van der Waals surface area contributed by atoms with Crippen molar-refractivity contribution in [2.75, 3.05) is 25.0 Å². The Bertz CT molecular complexity index is 1200. The summed E-state index contributed by atoms with van der Waals surface area (Å²) in [5.41, 5.74) is 6.75. The number of benzene rings is 1. The maximum absolute atomic E-state index is 13.0. The van der Waals surface area contributed by atoms with Gasteiger partial charge in [0.1, 0.15) is 10.5 Å². The summed E-state index contributed by atoms with van der Waals surface area (Å²) in [6, 6.07) is 9.81. The second kappa shape index (κ2) is 9.71. The summed E-state index contributed by atoms with van der Waals surface area (Å²) in [6.45, 7) is 4.30. The lowest BCUT2D eigenvalue weighted by Gasteiger charge is -2.30. The molecule has 34 heavy (non-hydrogen) atoms. The first kappa shape index (κ1) is 24.2. The lowest BCUT2D eigenvalue weighted by molar-refractivity contribution is -0.141. The van der Waals surface area contributed by atoms with Crippen LogP contribution in [0.1, 0.15) is 39.3 Å². The highest BCUT2D eigenvalue weighted by Crippen LogP contribution is 2.34. The second-order valence-corrected chi connectivity index (χ2v) is 9.52. The van der Waals surface area contributed by atoms with E-state index < -0.39 is 11.9 Å². The zero-order valence-corrected chi connectivity index (χ0v) is 19.4. The molecular weight excluding hydrogens is 465 g/mol. The minimum Gasteiger partial charge on any atom is -0.369 e. The van der Waals surface area contributed by atoms with E-state index in [2.05, 4.69) is 15.2 Å². The third-order valence-corrected chi connectivity index (χ3v) is 7.42. The van der Waals surface area contributed by atoms with Gasteiger partial charge in [-0.1, -0.05) is 12.1 Å². The first-order valence-electron chi connectivity index (χ1n) is 11.0. The van der Waals surface area contributed by atoms with E-state index in [4.69, 9.17) is 5.73 Å². The minimum atomic E-state index is -4.53. The van der Waals surface area contributed by atoms with Gasteiger partial charge < -0.3 is 16.0 Å². The fourth-order valence-corrected chi connectivity index (χ4v) is 5.22. The number of hydrogen-bond acceptors (Lipinski definition) is 5. The number of carbonyl (C=O) groups excluding carboxylic acids is 2. The number of amides is 2. The number of hydrogen-bond donors (Lipinski definition) is 2. The van der Waals surface area contributed by atoms with Gasteiger partial charge >= 0.3 is 6.18 Å². The molecule has 2 amide bonds. The van der Waals surface area contributed by atoms with Crippen LogP contribution in [0.15, 0.2) is 36.4 Å². The number of primary amides is 1. The van der Waals surface area contributed by atoms with Crippen LogP contribution in [0.3, 0.4) is 0 Å². The average Bonchev–Trinajstić information content (AvgIpc) is 3.14. The molecule has 1 saturated heterocycles. The molecule has 180 valence electrons. The van der Waals surface area contributed by atoms with Crippen molar-refractivity contribution in [2.24, 2.45) is 11.7 Å². The first-order valence-corrected chi connectivity index (χ1v) is 11.8. The van der Waals surface area contributed by atoms with Crippen LogP contribution in [0, 0.1) is 12.8 Å². The van der Waals surface area contributed by atoms with Gasteiger partial charge in [-0.05, 0) is 74.7 Å². The number of alkyl halides is 3. The van der Waals surface area contributed by atoms with Crippen LogP contribution in [0.25, 0.3) is 10.2 Å². The summed E-state index contributed by atoms with van der Waals surface area (Å²) in [7, 11) is 0. The van der Waals surface area contributed by atoms with Crippen LogP contribution in [0.5, 0.6) is 0 Å². The van der Waals surface area contributed by atoms with Crippen molar-refractivity contribution in [3.05, 3.63) is 58.1 Å². The first-order chi connectivity index (χ1) is 16.1. The standard InChI is InChI=1S/C24H25F3N4O2S/c1-14-18-6-7-19(24(25,26)27)30-23(18)34-20(14)22(33)29-17-4-2-15(3-5-17)8-11-31-12-9-16(10-13-31)21(28)32/h2-7,16H,8-13H2,1H3,(H2,28,32)(H,29,33). The molecule has 4 rings (SSSR count). The number of piperidine rings is 1. The van der Waals surface area contributed by atoms with E-state index in [-0.39, 0.29) is 22.6 Å². The van der Waals surface area contributed by atoms with Gasteiger partial charge in [-0.25, -0.2) is 4.98 Å². The Morgan fingerprint density at radius 2 is 1.82 bits per heavy atom. The highest BCUT2D eigenvalue weighted by atomic mass is 32.1. The molecule has 2 aromatic heterocycles. The fourth-order valence-electron chi connectivity index (χ4n) is 4.14. The predicted octanol–water partition coefficient (Wildman–Crippen LogP) is 4.62. The Hall–Kier alpha value is -2.98. The van der Waals surface area contributed by atoms with Crippen molar-refractivity contribution in [1.82, 2.24) is 9.88 Å². The van der Waals surface area contributed by atoms with Gasteiger partial charge in [-0.15, -0.1) is 11.3 Å².